The van der Waals surface area contributed by atoms with Gasteiger partial charge in [-0.25, -0.2) is 19.2 Å². The summed E-state index contributed by atoms with van der Waals surface area (Å²) >= 11 is 0. The van der Waals surface area contributed by atoms with Crippen molar-refractivity contribution in [3.8, 4) is 0 Å². The van der Waals surface area contributed by atoms with E-state index in [1.807, 2.05) is 38.1 Å². The maximum Gasteiger partial charge on any atom is 0.408 e. The minimum absolute atomic E-state index is 0.0120. The Morgan fingerprint density at radius 1 is 0.625 bits per heavy atom. The number of nitrogens with one attached hydrogen (secondary N) is 4. The lowest BCUT2D eigenvalue weighted by molar-refractivity contribution is -0.153. The number of rotatable bonds is 23. The molecule has 3 aromatic rings. The van der Waals surface area contributed by atoms with Crippen LogP contribution in [0.25, 0.3) is 0 Å². The first kappa shape index (κ1) is 57.8. The summed E-state index contributed by atoms with van der Waals surface area (Å²) in [5.41, 5.74) is -0.964. The largest absolute Gasteiger partial charge is 0.467 e. The molecule has 4 atom stereocenters. The molecule has 72 heavy (non-hydrogen) atoms. The molecule has 0 spiro atoms. The van der Waals surface area contributed by atoms with E-state index in [-0.39, 0.29) is 70.7 Å². The van der Waals surface area contributed by atoms with E-state index in [2.05, 4.69) is 21.3 Å². The Hall–Kier alpha value is -6.78. The van der Waals surface area contributed by atoms with Gasteiger partial charge in [0, 0.05) is 19.6 Å². The van der Waals surface area contributed by atoms with Crippen LogP contribution in [0, 0.1) is 17.8 Å². The average molecular weight is 998 g/mol. The second kappa shape index (κ2) is 27.2. The van der Waals surface area contributed by atoms with Crippen molar-refractivity contribution in [1.82, 2.24) is 26.2 Å². The summed E-state index contributed by atoms with van der Waals surface area (Å²) in [5, 5.41) is 11.0. The van der Waals surface area contributed by atoms with E-state index in [9.17, 15) is 28.8 Å². The SMILES string of the molecule is COC(=O)C1(NC(=O)OC(C)(C)C)CCN(C(=O)[C@@H](CCCCNC(=O)OC(C)(C)C)NC(=O)[C@H](CC(C)C)C(=O)[C@@H](Cc2ccccc2)C(=O)[C@@H](Cc2ccccc2)NC(=O)OCc2ccccc2)CC1. The van der Waals surface area contributed by atoms with E-state index in [0.29, 0.717) is 24.0 Å². The molecule has 17 heteroatoms. The molecule has 1 heterocycles. The smallest absolute Gasteiger partial charge is 0.408 e. The summed E-state index contributed by atoms with van der Waals surface area (Å²) in [7, 11) is 1.20. The zero-order valence-corrected chi connectivity index (χ0v) is 43.4. The lowest BCUT2D eigenvalue weighted by atomic mass is 9.78. The Kier molecular flexibility index (Phi) is 21.8. The van der Waals surface area contributed by atoms with Gasteiger partial charge < -0.3 is 45.1 Å². The van der Waals surface area contributed by atoms with Gasteiger partial charge >= 0.3 is 24.2 Å². The maximum atomic E-state index is 15.2. The summed E-state index contributed by atoms with van der Waals surface area (Å²) in [6.07, 6.45) is -1.53. The zero-order valence-electron chi connectivity index (χ0n) is 43.4. The molecule has 1 fully saturated rings. The number of hydrogen-bond donors (Lipinski definition) is 4. The lowest BCUT2D eigenvalue weighted by Crippen LogP contribution is -2.63. The lowest BCUT2D eigenvalue weighted by Gasteiger charge is -2.41. The first-order chi connectivity index (χ1) is 34.0. The van der Waals surface area contributed by atoms with Crippen molar-refractivity contribution in [1.29, 1.82) is 0 Å². The van der Waals surface area contributed by atoms with Gasteiger partial charge in [0.1, 0.15) is 29.4 Å². The number of ketones is 2. The molecule has 0 aromatic heterocycles. The number of ether oxygens (including phenoxy) is 4. The Bertz CT molecular complexity index is 2270. The molecular formula is C55H75N5O12. The number of hydrogen-bond acceptors (Lipinski definition) is 12. The monoisotopic (exact) mass is 998 g/mol. The summed E-state index contributed by atoms with van der Waals surface area (Å²) in [5.74, 6) is -6.28. The van der Waals surface area contributed by atoms with Crippen molar-refractivity contribution < 1.29 is 57.3 Å². The highest BCUT2D eigenvalue weighted by atomic mass is 16.6. The third kappa shape index (κ3) is 19.1. The molecule has 17 nitrogen and oxygen atoms in total. The molecule has 0 radical (unpaired) electrons. The number of esters is 1. The molecule has 392 valence electrons. The van der Waals surface area contributed by atoms with E-state index in [1.54, 1.807) is 108 Å². The van der Waals surface area contributed by atoms with Crippen LogP contribution in [-0.4, -0.2) is 108 Å². The topological polar surface area (TPSA) is 225 Å². The van der Waals surface area contributed by atoms with Gasteiger partial charge in [-0.15, -0.1) is 0 Å². The Labute approximate surface area is 424 Å². The van der Waals surface area contributed by atoms with Gasteiger partial charge in [0.05, 0.1) is 25.0 Å². The quantitative estimate of drug-likeness (QED) is 0.0315. The normalized spacial score (nSPS) is 15.1. The number of carbonyl (C=O) groups excluding carboxylic acids is 8. The van der Waals surface area contributed by atoms with Crippen molar-refractivity contribution in [2.24, 2.45) is 17.8 Å². The third-order valence-corrected chi connectivity index (χ3v) is 11.9. The third-order valence-electron chi connectivity index (χ3n) is 11.9. The van der Waals surface area contributed by atoms with E-state index in [0.717, 1.165) is 5.56 Å². The maximum absolute atomic E-state index is 15.2. The Balaban J connectivity index is 1.65. The fraction of sp³-hybridized carbons (Fsp3) is 0.527. The predicted molar refractivity (Wildman–Crippen MR) is 270 cm³/mol. The highest BCUT2D eigenvalue weighted by molar-refractivity contribution is 6.13. The van der Waals surface area contributed by atoms with Crippen molar-refractivity contribution >= 4 is 47.6 Å². The molecule has 4 N–H and O–H groups in total. The van der Waals surface area contributed by atoms with Gasteiger partial charge in [0.2, 0.25) is 11.8 Å². The molecule has 1 aliphatic rings. The van der Waals surface area contributed by atoms with Gasteiger partial charge in [-0.05, 0) is 116 Å². The molecule has 0 saturated carbocycles. The summed E-state index contributed by atoms with van der Waals surface area (Å²) < 4.78 is 21.4. The van der Waals surface area contributed by atoms with Crippen LogP contribution in [0.1, 0.15) is 111 Å². The van der Waals surface area contributed by atoms with Gasteiger partial charge in [-0.1, -0.05) is 105 Å². The fourth-order valence-electron chi connectivity index (χ4n) is 8.39. The number of Topliss-reactive ketones (excluding diaryl/α,β-unsaturated/α-hetero) is 2. The second-order valence-electron chi connectivity index (χ2n) is 20.7. The number of unbranched alkanes of at least 4 members (excludes halogenated alkanes) is 1. The van der Waals surface area contributed by atoms with Crippen molar-refractivity contribution in [2.45, 2.75) is 142 Å². The molecular weight excluding hydrogens is 923 g/mol. The number of methoxy groups -OCH3 is 1. The number of amides is 5. The number of benzene rings is 3. The average Bonchev–Trinajstić information content (AvgIpc) is 3.32. The fourth-order valence-corrected chi connectivity index (χ4v) is 8.39. The number of alkyl carbamates (subject to hydrolysis) is 3. The van der Waals surface area contributed by atoms with Crippen LogP contribution in [0.3, 0.4) is 0 Å². The molecule has 5 amide bonds. The Morgan fingerprint density at radius 3 is 1.68 bits per heavy atom. The van der Waals surface area contributed by atoms with Crippen LogP contribution in [0.2, 0.25) is 0 Å². The van der Waals surface area contributed by atoms with Crippen LogP contribution < -0.4 is 21.3 Å². The van der Waals surface area contributed by atoms with E-state index in [4.69, 9.17) is 18.9 Å². The zero-order chi connectivity index (χ0) is 53.1. The van der Waals surface area contributed by atoms with Gasteiger partial charge in [-0.2, -0.15) is 0 Å². The predicted octanol–water partition coefficient (Wildman–Crippen LogP) is 7.42. The van der Waals surface area contributed by atoms with Gasteiger partial charge in [0.25, 0.3) is 0 Å². The molecule has 4 rings (SSSR count). The molecule has 0 unspecified atom stereocenters. The molecule has 0 bridgehead atoms. The van der Waals surface area contributed by atoms with Crippen LogP contribution >= 0.6 is 0 Å². The van der Waals surface area contributed by atoms with Crippen molar-refractivity contribution in [3.63, 3.8) is 0 Å². The summed E-state index contributed by atoms with van der Waals surface area (Å²) in [6.45, 7) is 14.1. The van der Waals surface area contributed by atoms with Gasteiger partial charge in [-0.3, -0.25) is 19.2 Å². The number of likely N-dealkylation sites (tertiary alicyclic amines) is 1. The van der Waals surface area contributed by atoms with E-state index in [1.165, 1.54) is 12.0 Å². The first-order valence-corrected chi connectivity index (χ1v) is 24.8. The summed E-state index contributed by atoms with van der Waals surface area (Å²) in [6, 6.07) is 24.6. The number of piperidine rings is 1. The second-order valence-corrected chi connectivity index (χ2v) is 20.7. The number of nitrogens with zero attached hydrogens (tertiary/aromatic N) is 1. The summed E-state index contributed by atoms with van der Waals surface area (Å²) in [4.78, 5) is 113. The van der Waals surface area contributed by atoms with E-state index >= 15 is 9.59 Å². The van der Waals surface area contributed by atoms with E-state index < -0.39 is 88.3 Å². The molecule has 0 aliphatic carbocycles. The van der Waals surface area contributed by atoms with Crippen LogP contribution in [-0.2, 0) is 62.4 Å². The highest BCUT2D eigenvalue weighted by Gasteiger charge is 2.47. The van der Waals surface area contributed by atoms with Crippen molar-refractivity contribution in [2.75, 3.05) is 26.7 Å². The molecule has 3 aromatic carbocycles. The Morgan fingerprint density at radius 2 is 1.15 bits per heavy atom. The highest BCUT2D eigenvalue weighted by Crippen LogP contribution is 2.28. The minimum atomic E-state index is -1.50. The minimum Gasteiger partial charge on any atom is -0.467 e. The molecule has 1 saturated heterocycles. The van der Waals surface area contributed by atoms with Crippen LogP contribution in [0.15, 0.2) is 91.0 Å². The molecule has 1 aliphatic heterocycles. The first-order valence-electron chi connectivity index (χ1n) is 24.8. The van der Waals surface area contributed by atoms with Gasteiger partial charge in [0.15, 0.2) is 11.6 Å². The standard InChI is InChI=1S/C55H75N5O12/c1-37(2)33-42(45(61)41(34-38-21-13-10-14-22-38)46(62)44(35-39-23-15-11-16-24-39)58-51(67)70-36-40-25-17-12-18-26-40)47(63)57-43(27-19-20-30-56-50(66)71-53(3,4)5)48(64)60-31-28-55(29-32-60,49(65)69-9)59-52(68)72-54(6,7)8/h10-18,21-26,37,41-44H,19-20,27-36H2,1-9H3,(H,56,66)(H,57,63)(H,58,67)(H,59,68)/t41-,42-,43-,44-/m1/s1. The number of carbonyl (C=O) groups is 8. The van der Waals surface area contributed by atoms with Crippen LogP contribution in [0.5, 0.6) is 0 Å². The van der Waals surface area contributed by atoms with Crippen molar-refractivity contribution in [3.05, 3.63) is 108 Å². The van der Waals surface area contributed by atoms with Crippen LogP contribution in [0.4, 0.5) is 14.4 Å².